The van der Waals surface area contributed by atoms with Crippen molar-refractivity contribution in [2.45, 2.75) is 55.6 Å². The number of aliphatic hydroxyl groups excluding tert-OH is 1. The highest BCUT2D eigenvalue weighted by Crippen LogP contribution is 2.58. The molecule has 0 aromatic carbocycles. The first-order chi connectivity index (χ1) is 21.8. The maximum atomic E-state index is 15.9. The largest absolute Gasteiger partial charge is 0.387 e. The molecule has 3 fully saturated rings. The number of nitrogens with zero attached hydrogens (tertiary/aromatic N) is 6. The van der Waals surface area contributed by atoms with Gasteiger partial charge in [-0.3, -0.25) is 18.4 Å². The van der Waals surface area contributed by atoms with Gasteiger partial charge in [0, 0.05) is 6.20 Å². The highest BCUT2D eigenvalue weighted by atomic mass is 32.7. The quantitative estimate of drug-likeness (QED) is 0.145. The molecular weight excluding hydrogens is 700 g/mol. The summed E-state index contributed by atoms with van der Waals surface area (Å²) in [4.78, 5) is 41.7. The number of aromatic nitrogens is 7. The molecule has 0 saturated carbocycles. The van der Waals surface area contributed by atoms with E-state index in [9.17, 15) is 23.7 Å². The molecule has 46 heavy (non-hydrogen) atoms. The summed E-state index contributed by atoms with van der Waals surface area (Å²) >= 11 is 9.18. The number of aromatic amines is 1. The molecule has 7 rings (SSSR count). The number of ether oxygens (including phenoxy) is 2. The number of halogens is 2. The van der Waals surface area contributed by atoms with E-state index in [-0.39, 0.29) is 18.0 Å². The molecule has 3 aliphatic rings. The van der Waals surface area contributed by atoms with Crippen LogP contribution in [0.5, 0.6) is 0 Å². The average Bonchev–Trinajstić information content (AvgIpc) is 3.72. The lowest BCUT2D eigenvalue weighted by Crippen LogP contribution is -2.35. The molecule has 2 bridgehead atoms. The van der Waals surface area contributed by atoms with Crippen molar-refractivity contribution in [1.82, 2.24) is 34.1 Å². The second-order valence-electron chi connectivity index (χ2n) is 10.5. The molecule has 0 amide bonds. The van der Waals surface area contributed by atoms with Crippen molar-refractivity contribution in [3.63, 3.8) is 0 Å². The lowest BCUT2D eigenvalue weighted by molar-refractivity contribution is -0.0548. The summed E-state index contributed by atoms with van der Waals surface area (Å²) in [6, 6.07) is 0. The second kappa shape index (κ2) is 11.9. The molecule has 18 nitrogen and oxygen atoms in total. The molecule has 2 unspecified atom stereocenters. The highest BCUT2D eigenvalue weighted by molar-refractivity contribution is 8.44. The first-order valence-electron chi connectivity index (χ1n) is 13.4. The van der Waals surface area contributed by atoms with Crippen molar-refractivity contribution in [3.8, 4) is 0 Å². The Hall–Kier alpha value is -2.46. The summed E-state index contributed by atoms with van der Waals surface area (Å²) in [5.74, 6) is -0.836. The third-order valence-electron chi connectivity index (χ3n) is 7.66. The number of fused-ring (bicyclic) bond motifs is 5. The van der Waals surface area contributed by atoms with E-state index in [1.807, 2.05) is 0 Å². The fourth-order valence-corrected chi connectivity index (χ4v) is 8.46. The molecule has 10 atom stereocenters. The van der Waals surface area contributed by atoms with Gasteiger partial charge < -0.3 is 43.8 Å². The number of anilines is 1. The topological polar surface area (TPSA) is 233 Å². The number of nitrogens with one attached hydrogen (secondary N) is 1. The maximum absolute atomic E-state index is 15.9. The fourth-order valence-electron chi connectivity index (χ4n) is 5.56. The molecule has 4 aromatic rings. The van der Waals surface area contributed by atoms with Crippen molar-refractivity contribution in [2.75, 3.05) is 18.9 Å². The first kappa shape index (κ1) is 32.1. The van der Waals surface area contributed by atoms with E-state index >= 15 is 4.39 Å². The van der Waals surface area contributed by atoms with E-state index in [0.717, 1.165) is 17.1 Å². The predicted molar refractivity (Wildman–Crippen MR) is 158 cm³/mol. The van der Waals surface area contributed by atoms with Crippen LogP contribution < -0.4 is 11.3 Å². The number of nitrogen functional groups attached to an aromatic ring is 1. The standard InChI is InChI=1S/C22H24F2N8O10P2S2/c23-8-1-32(19-12(8)21(34)29-6-27-19)22-17-15(33)10(40-22)3-37-43(35,45)41-16-11(4-38-44(36,46)42-17)39-9(13(16)24)2-31-7-30-14-18(25)26-5-28-20(14)31/h1,5-7,9-11,13,15-17,22,33H,2-4H2,(H,35,45)(H,36,46)(H2,25,26,28)(H,27,29,34)/t9-,10+,11+,13-,15+,16+,17+,22+,43?,44?/m0/s1. The normalized spacial score (nSPS) is 37.2. The second-order valence-corrected chi connectivity index (χ2v) is 16.2. The van der Waals surface area contributed by atoms with Gasteiger partial charge in [-0.15, -0.1) is 0 Å². The van der Waals surface area contributed by atoms with Crippen molar-refractivity contribution in [3.05, 3.63) is 41.3 Å². The molecule has 3 aliphatic heterocycles. The van der Waals surface area contributed by atoms with E-state index in [0.29, 0.717) is 11.2 Å². The van der Waals surface area contributed by atoms with Crippen LogP contribution in [-0.2, 0) is 50.5 Å². The van der Waals surface area contributed by atoms with Gasteiger partial charge in [0.25, 0.3) is 5.56 Å². The van der Waals surface area contributed by atoms with Crippen LogP contribution in [0.1, 0.15) is 6.23 Å². The first-order valence-corrected chi connectivity index (χ1v) is 18.7. The minimum absolute atomic E-state index is 0.119. The molecular formula is C22H24F2N8O10P2S2. The average molecular weight is 725 g/mol. The van der Waals surface area contributed by atoms with Gasteiger partial charge >= 0.3 is 13.5 Å². The Morgan fingerprint density at radius 2 is 1.91 bits per heavy atom. The Morgan fingerprint density at radius 3 is 2.72 bits per heavy atom. The smallest absolute Gasteiger partial charge is 0.386 e. The molecule has 4 aromatic heterocycles. The number of imidazole rings is 1. The Bertz CT molecular complexity index is 1970. The zero-order valence-corrected chi connectivity index (χ0v) is 26.5. The van der Waals surface area contributed by atoms with Gasteiger partial charge in [-0.1, -0.05) is 12.2 Å². The Balaban J connectivity index is 1.17. The predicted octanol–water partition coefficient (Wildman–Crippen LogP) is 0.721. The number of rotatable bonds is 3. The van der Waals surface area contributed by atoms with Gasteiger partial charge in [-0.2, -0.15) is 0 Å². The van der Waals surface area contributed by atoms with Crippen molar-refractivity contribution in [2.24, 2.45) is 0 Å². The van der Waals surface area contributed by atoms with Crippen LogP contribution in [0.25, 0.3) is 22.2 Å². The summed E-state index contributed by atoms with van der Waals surface area (Å²) in [6.45, 7) is -10.1. The van der Waals surface area contributed by atoms with Gasteiger partial charge in [0.1, 0.15) is 53.9 Å². The Kier molecular flexibility index (Phi) is 8.31. The maximum Gasteiger partial charge on any atom is 0.386 e. The van der Waals surface area contributed by atoms with E-state index in [2.05, 4.69) is 37.2 Å². The van der Waals surface area contributed by atoms with Gasteiger partial charge in [0.15, 0.2) is 35.3 Å². The van der Waals surface area contributed by atoms with Gasteiger partial charge in [0.2, 0.25) is 0 Å². The SMILES string of the molecule is Nc1ncnc2c1ncn2C[C@@H]1O[C@@H]2COP(O)(=S)O[C@@H]3[C@H](O)[C@@H](COP(=O)(S)O[C@H]2[C@H]1F)O[C@H]3n1cc(F)c2c(=O)[nH]cnc21. The Labute approximate surface area is 266 Å². The summed E-state index contributed by atoms with van der Waals surface area (Å²) in [5.41, 5.74) is 5.48. The monoisotopic (exact) mass is 724 g/mol. The van der Waals surface area contributed by atoms with E-state index in [1.54, 1.807) is 0 Å². The van der Waals surface area contributed by atoms with E-state index in [1.165, 1.54) is 17.2 Å². The third-order valence-corrected chi connectivity index (χ3v) is 10.8. The van der Waals surface area contributed by atoms with Crippen LogP contribution in [0.2, 0.25) is 0 Å². The summed E-state index contributed by atoms with van der Waals surface area (Å²) in [7, 11) is 0. The van der Waals surface area contributed by atoms with Crippen molar-refractivity contribution >= 4 is 65.6 Å². The van der Waals surface area contributed by atoms with E-state index < -0.39 is 92.5 Å². The number of thiol groups is 1. The number of hydrogen-bond acceptors (Lipinski definition) is 15. The minimum atomic E-state index is -4.40. The van der Waals surface area contributed by atoms with E-state index in [4.69, 9.17) is 45.1 Å². The number of aliphatic hydroxyl groups is 1. The highest BCUT2D eigenvalue weighted by Gasteiger charge is 2.53. The summed E-state index contributed by atoms with van der Waals surface area (Å²) in [5, 5.41) is 10.7. The summed E-state index contributed by atoms with van der Waals surface area (Å²) < 4.78 is 80.3. The lowest BCUT2D eigenvalue weighted by Gasteiger charge is -2.27. The molecule has 0 aliphatic carbocycles. The molecule has 5 N–H and O–H groups in total. The number of nitrogens with two attached hydrogens (primary N) is 1. The lowest BCUT2D eigenvalue weighted by atomic mass is 10.1. The molecule has 24 heteroatoms. The fraction of sp³-hybridized carbons (Fsp3) is 0.500. The van der Waals surface area contributed by atoms with Crippen LogP contribution in [0.15, 0.2) is 30.0 Å². The van der Waals surface area contributed by atoms with Crippen LogP contribution >= 0.6 is 25.8 Å². The van der Waals surface area contributed by atoms with Crippen molar-refractivity contribution < 1.29 is 50.9 Å². The van der Waals surface area contributed by atoms with Crippen LogP contribution in [0, 0.1) is 5.82 Å². The number of H-pyrrole nitrogens is 1. The zero-order valence-electron chi connectivity index (χ0n) is 23.0. The zero-order chi connectivity index (χ0) is 32.5. The van der Waals surface area contributed by atoms with Gasteiger partial charge in [-0.25, -0.2) is 33.3 Å². The number of alkyl halides is 1. The van der Waals surface area contributed by atoms with Gasteiger partial charge in [0.05, 0.1) is 32.4 Å². The third kappa shape index (κ3) is 5.80. The van der Waals surface area contributed by atoms with Crippen LogP contribution in [0.3, 0.4) is 0 Å². The Morgan fingerprint density at radius 1 is 1.13 bits per heavy atom. The van der Waals surface area contributed by atoms with Crippen LogP contribution in [-0.4, -0.2) is 100 Å². The molecule has 248 valence electrons. The molecule has 0 spiro atoms. The molecule has 3 saturated heterocycles. The molecule has 0 radical (unpaired) electrons. The molecule has 7 heterocycles. The van der Waals surface area contributed by atoms with Crippen molar-refractivity contribution in [1.29, 1.82) is 0 Å². The van der Waals surface area contributed by atoms with Gasteiger partial charge in [-0.05, 0) is 11.8 Å². The van der Waals surface area contributed by atoms with Crippen LogP contribution in [0.4, 0.5) is 14.6 Å². The summed E-state index contributed by atoms with van der Waals surface area (Å²) in [6.07, 6.45) is -7.55. The minimum Gasteiger partial charge on any atom is -0.387 e. The number of hydrogen-bond donors (Lipinski definition) is 5.